The van der Waals surface area contributed by atoms with Crippen molar-refractivity contribution in [3.8, 4) is 0 Å². The molecule has 146 valence electrons. The van der Waals surface area contributed by atoms with E-state index in [0.29, 0.717) is 0 Å². The number of rotatable bonds is 7. The Morgan fingerprint density at radius 2 is 1.21 bits per heavy atom. The number of carbonyl (C=O) groups is 4. The quantitative estimate of drug-likeness (QED) is 0.573. The third-order valence-corrected chi connectivity index (χ3v) is 3.65. The molecule has 0 aliphatic rings. The van der Waals surface area contributed by atoms with E-state index < -0.39 is 36.0 Å². The first-order chi connectivity index (χ1) is 13.2. The third kappa shape index (κ3) is 4.94. The van der Waals surface area contributed by atoms with Gasteiger partial charge in [0.15, 0.2) is 0 Å². The molecule has 0 saturated carbocycles. The van der Waals surface area contributed by atoms with Crippen molar-refractivity contribution in [1.29, 1.82) is 0 Å². The van der Waals surface area contributed by atoms with Crippen LogP contribution in [0, 0.1) is 0 Å². The van der Waals surface area contributed by atoms with E-state index in [1.54, 1.807) is 36.4 Å². The topological polar surface area (TPSA) is 110 Å². The minimum Gasteiger partial charge on any atom is -0.481 e. The lowest BCUT2D eigenvalue weighted by atomic mass is 10.1. The fourth-order valence-electron chi connectivity index (χ4n) is 2.36. The van der Waals surface area contributed by atoms with Crippen molar-refractivity contribution >= 4 is 23.8 Å². The van der Waals surface area contributed by atoms with Gasteiger partial charge in [-0.1, -0.05) is 36.4 Å². The van der Waals surface area contributed by atoms with Crippen molar-refractivity contribution in [2.75, 3.05) is 14.1 Å². The maximum Gasteiger partial charge on any atom is 0.347 e. The summed E-state index contributed by atoms with van der Waals surface area (Å²) in [7, 11) is 2.65. The number of carbonyl (C=O) groups excluding carboxylic acids is 3. The highest BCUT2D eigenvalue weighted by Gasteiger charge is 2.50. The summed E-state index contributed by atoms with van der Waals surface area (Å²) in [5.41, 5.74) is 0.138. The molecule has 1 N–H and O–H groups in total. The standard InChI is InChI=1S/C20H19NO7/c1-21(2)19(26)20(13-16(22)23,27-17(24)14-9-5-3-6-10-14)28-18(25)15-11-7-4-8-12-15/h3-12H,13H2,1-2H3,(H,22,23). The van der Waals surface area contributed by atoms with Gasteiger partial charge >= 0.3 is 29.6 Å². The van der Waals surface area contributed by atoms with Crippen LogP contribution in [0.1, 0.15) is 27.1 Å². The van der Waals surface area contributed by atoms with Crippen molar-refractivity contribution in [1.82, 2.24) is 4.90 Å². The lowest BCUT2D eigenvalue weighted by Gasteiger charge is -2.32. The lowest BCUT2D eigenvalue weighted by molar-refractivity contribution is -0.201. The summed E-state index contributed by atoms with van der Waals surface area (Å²) in [6.45, 7) is 0. The molecule has 2 aromatic rings. The Bertz CT molecular complexity index is 809. The molecule has 0 unspecified atom stereocenters. The van der Waals surface area contributed by atoms with E-state index in [1.807, 2.05) is 0 Å². The molecule has 0 aliphatic carbocycles. The summed E-state index contributed by atoms with van der Waals surface area (Å²) in [5.74, 6) is -7.15. The number of hydrogen-bond donors (Lipinski definition) is 1. The second-order valence-corrected chi connectivity index (χ2v) is 6.03. The lowest BCUT2D eigenvalue weighted by Crippen LogP contribution is -2.54. The first-order valence-corrected chi connectivity index (χ1v) is 8.25. The Morgan fingerprint density at radius 1 is 0.821 bits per heavy atom. The Hall–Kier alpha value is -3.68. The third-order valence-electron chi connectivity index (χ3n) is 3.65. The van der Waals surface area contributed by atoms with Gasteiger partial charge in [0, 0.05) is 14.1 Å². The molecule has 0 fully saturated rings. The van der Waals surface area contributed by atoms with Crippen LogP contribution in [-0.4, -0.2) is 53.7 Å². The van der Waals surface area contributed by atoms with E-state index in [1.165, 1.54) is 38.4 Å². The number of carboxylic acids is 1. The maximum atomic E-state index is 12.7. The summed E-state index contributed by atoms with van der Waals surface area (Å²) in [6, 6.07) is 15.3. The van der Waals surface area contributed by atoms with Crippen molar-refractivity contribution in [2.24, 2.45) is 0 Å². The van der Waals surface area contributed by atoms with E-state index >= 15 is 0 Å². The molecule has 8 heteroatoms. The first-order valence-electron chi connectivity index (χ1n) is 8.25. The highest BCUT2D eigenvalue weighted by molar-refractivity contribution is 5.98. The number of nitrogens with zero attached hydrogens (tertiary/aromatic N) is 1. The molecule has 2 aromatic carbocycles. The fourth-order valence-corrected chi connectivity index (χ4v) is 2.36. The zero-order valence-corrected chi connectivity index (χ0v) is 15.3. The molecule has 0 heterocycles. The molecular formula is C20H19NO7. The molecule has 8 nitrogen and oxygen atoms in total. The molecule has 0 radical (unpaired) electrons. The van der Waals surface area contributed by atoms with E-state index in [9.17, 15) is 24.3 Å². The number of aliphatic carboxylic acids is 1. The van der Waals surface area contributed by atoms with E-state index in [2.05, 4.69) is 0 Å². The normalized spacial score (nSPS) is 10.6. The van der Waals surface area contributed by atoms with Crippen molar-refractivity contribution in [3.63, 3.8) is 0 Å². The zero-order chi connectivity index (χ0) is 20.7. The van der Waals surface area contributed by atoms with Crippen LogP contribution in [-0.2, 0) is 19.1 Å². The van der Waals surface area contributed by atoms with Crippen LogP contribution in [0.4, 0.5) is 0 Å². The van der Waals surface area contributed by atoms with Gasteiger partial charge in [-0.05, 0) is 24.3 Å². The Labute approximate surface area is 161 Å². The SMILES string of the molecule is CN(C)C(=O)C(CC(=O)O)(OC(=O)c1ccccc1)OC(=O)c1ccccc1. The summed E-state index contributed by atoms with van der Waals surface area (Å²) < 4.78 is 10.4. The van der Waals surface area contributed by atoms with Gasteiger partial charge in [-0.15, -0.1) is 0 Å². The van der Waals surface area contributed by atoms with E-state index in [-0.39, 0.29) is 11.1 Å². The van der Waals surface area contributed by atoms with E-state index in [0.717, 1.165) is 4.90 Å². The number of carboxylic acid groups (broad SMARTS) is 1. The number of hydrogen-bond acceptors (Lipinski definition) is 6. The Balaban J connectivity index is 2.44. The van der Waals surface area contributed by atoms with Crippen LogP contribution in [0.2, 0.25) is 0 Å². The highest BCUT2D eigenvalue weighted by atomic mass is 16.7. The van der Waals surface area contributed by atoms with Gasteiger partial charge in [0.05, 0.1) is 11.1 Å². The Kier molecular flexibility index (Phi) is 6.49. The minimum atomic E-state index is -2.66. The second kappa shape index (κ2) is 8.81. The number of likely N-dealkylation sites (N-methyl/N-ethyl adjacent to an activating group) is 1. The summed E-state index contributed by atoms with van der Waals surface area (Å²) in [6.07, 6.45) is -1.05. The number of amides is 1. The van der Waals surface area contributed by atoms with Gasteiger partial charge in [0.25, 0.3) is 0 Å². The molecule has 0 spiro atoms. The molecule has 1 amide bonds. The number of benzene rings is 2. The maximum absolute atomic E-state index is 12.7. The smallest absolute Gasteiger partial charge is 0.347 e. The summed E-state index contributed by atoms with van der Waals surface area (Å²) >= 11 is 0. The Morgan fingerprint density at radius 3 is 1.54 bits per heavy atom. The van der Waals surface area contributed by atoms with Crippen LogP contribution in [0.3, 0.4) is 0 Å². The van der Waals surface area contributed by atoms with Crippen molar-refractivity contribution < 1.29 is 33.8 Å². The van der Waals surface area contributed by atoms with Crippen molar-refractivity contribution in [2.45, 2.75) is 12.2 Å². The molecule has 2 rings (SSSR count). The van der Waals surface area contributed by atoms with Gasteiger partial charge in [-0.3, -0.25) is 9.59 Å². The van der Waals surface area contributed by atoms with E-state index in [4.69, 9.17) is 9.47 Å². The zero-order valence-electron chi connectivity index (χ0n) is 15.3. The van der Waals surface area contributed by atoms with Gasteiger partial charge in [0.2, 0.25) is 0 Å². The van der Waals surface area contributed by atoms with Crippen molar-refractivity contribution in [3.05, 3.63) is 71.8 Å². The van der Waals surface area contributed by atoms with Gasteiger partial charge in [0.1, 0.15) is 6.42 Å². The van der Waals surface area contributed by atoms with Gasteiger partial charge < -0.3 is 19.5 Å². The number of ether oxygens (including phenoxy) is 2. The fraction of sp³-hybridized carbons (Fsp3) is 0.200. The first kappa shape index (κ1) is 20.6. The summed E-state index contributed by atoms with van der Waals surface area (Å²) in [5, 5.41) is 9.29. The van der Waals surface area contributed by atoms with Gasteiger partial charge in [-0.2, -0.15) is 0 Å². The number of esters is 2. The van der Waals surface area contributed by atoms with Gasteiger partial charge in [-0.25, -0.2) is 9.59 Å². The van der Waals surface area contributed by atoms with Crippen LogP contribution in [0.25, 0.3) is 0 Å². The monoisotopic (exact) mass is 385 g/mol. The molecule has 0 aromatic heterocycles. The molecule has 0 saturated heterocycles. The molecule has 28 heavy (non-hydrogen) atoms. The van der Waals surface area contributed by atoms with Crippen LogP contribution < -0.4 is 0 Å². The molecule has 0 atom stereocenters. The predicted octanol–water partition coefficient (Wildman–Crippen LogP) is 1.96. The van der Waals surface area contributed by atoms with Crippen LogP contribution >= 0.6 is 0 Å². The molecule has 0 aliphatic heterocycles. The highest BCUT2D eigenvalue weighted by Crippen LogP contribution is 2.25. The average molecular weight is 385 g/mol. The minimum absolute atomic E-state index is 0.0691. The van der Waals surface area contributed by atoms with Crippen LogP contribution in [0.5, 0.6) is 0 Å². The average Bonchev–Trinajstić information content (AvgIpc) is 2.68. The molecular weight excluding hydrogens is 366 g/mol. The predicted molar refractivity (Wildman–Crippen MR) is 97.4 cm³/mol. The second-order valence-electron chi connectivity index (χ2n) is 6.03. The molecule has 0 bridgehead atoms. The summed E-state index contributed by atoms with van der Waals surface area (Å²) in [4.78, 5) is 50.2. The largest absolute Gasteiger partial charge is 0.481 e. The van der Waals surface area contributed by atoms with Crippen LogP contribution in [0.15, 0.2) is 60.7 Å².